The van der Waals surface area contributed by atoms with Gasteiger partial charge in [0.2, 0.25) is 0 Å². The Balaban J connectivity index is 1.92. The predicted octanol–water partition coefficient (Wildman–Crippen LogP) is 3.36. The second kappa shape index (κ2) is 6.46. The summed E-state index contributed by atoms with van der Waals surface area (Å²) in [6.45, 7) is 4.87. The van der Waals surface area contributed by atoms with Gasteiger partial charge in [0.1, 0.15) is 0 Å². The largest absolute Gasteiger partial charge is 0.365 e. The molecule has 0 amide bonds. The molecule has 1 saturated carbocycles. The van der Waals surface area contributed by atoms with E-state index in [1.54, 1.807) is 17.0 Å². The molecule has 1 fully saturated rings. The van der Waals surface area contributed by atoms with Crippen LogP contribution in [-0.4, -0.2) is 21.1 Å². The standard InChI is InChI=1S/C17H24N4O/c1-12(2)21-15-11-18-9-8-14(15)20-16(17(21)22)19-10-13-6-4-3-5-7-13/h8-9,11-13H,3-7,10H2,1-2H3,(H,19,20). The summed E-state index contributed by atoms with van der Waals surface area (Å²) in [4.78, 5) is 21.4. The van der Waals surface area contributed by atoms with Crippen LogP contribution in [0.4, 0.5) is 5.82 Å². The van der Waals surface area contributed by atoms with Gasteiger partial charge in [0.05, 0.1) is 17.2 Å². The Kier molecular flexibility index (Phi) is 4.41. The molecule has 0 radical (unpaired) electrons. The van der Waals surface area contributed by atoms with Crippen LogP contribution in [0, 0.1) is 5.92 Å². The lowest BCUT2D eigenvalue weighted by atomic mass is 9.89. The minimum absolute atomic E-state index is 0.0497. The summed E-state index contributed by atoms with van der Waals surface area (Å²) in [5.74, 6) is 1.13. The van der Waals surface area contributed by atoms with E-state index in [2.05, 4.69) is 15.3 Å². The fourth-order valence-corrected chi connectivity index (χ4v) is 3.31. The number of anilines is 1. The topological polar surface area (TPSA) is 59.8 Å². The molecule has 0 bridgehead atoms. The molecule has 5 heteroatoms. The van der Waals surface area contributed by atoms with E-state index in [0.717, 1.165) is 17.6 Å². The minimum Gasteiger partial charge on any atom is -0.365 e. The molecular weight excluding hydrogens is 276 g/mol. The van der Waals surface area contributed by atoms with Crippen molar-refractivity contribution in [3.63, 3.8) is 0 Å². The number of nitrogens with one attached hydrogen (secondary N) is 1. The smallest absolute Gasteiger partial charge is 0.294 e. The van der Waals surface area contributed by atoms with Crippen molar-refractivity contribution in [3.8, 4) is 0 Å². The van der Waals surface area contributed by atoms with Crippen LogP contribution < -0.4 is 10.9 Å². The van der Waals surface area contributed by atoms with Crippen molar-refractivity contribution < 1.29 is 0 Å². The average Bonchev–Trinajstić information content (AvgIpc) is 2.53. The molecule has 1 N–H and O–H groups in total. The van der Waals surface area contributed by atoms with Crippen LogP contribution >= 0.6 is 0 Å². The highest BCUT2D eigenvalue weighted by Crippen LogP contribution is 2.23. The first-order valence-corrected chi connectivity index (χ1v) is 8.27. The van der Waals surface area contributed by atoms with Gasteiger partial charge in [0.25, 0.3) is 5.56 Å². The number of hydrogen-bond acceptors (Lipinski definition) is 4. The zero-order valence-electron chi connectivity index (χ0n) is 13.4. The molecule has 0 aromatic carbocycles. The van der Waals surface area contributed by atoms with Gasteiger partial charge in [-0.25, -0.2) is 4.98 Å². The van der Waals surface area contributed by atoms with Crippen molar-refractivity contribution in [2.24, 2.45) is 5.92 Å². The van der Waals surface area contributed by atoms with Gasteiger partial charge in [-0.15, -0.1) is 0 Å². The number of nitrogens with zero attached hydrogens (tertiary/aromatic N) is 3. The fourth-order valence-electron chi connectivity index (χ4n) is 3.31. The second-order valence-corrected chi connectivity index (χ2v) is 6.48. The van der Waals surface area contributed by atoms with E-state index in [4.69, 9.17) is 0 Å². The van der Waals surface area contributed by atoms with Gasteiger partial charge >= 0.3 is 0 Å². The summed E-state index contributed by atoms with van der Waals surface area (Å²) in [5, 5.41) is 3.31. The van der Waals surface area contributed by atoms with Gasteiger partial charge in [-0.1, -0.05) is 19.3 Å². The molecule has 2 aromatic rings. The van der Waals surface area contributed by atoms with Gasteiger partial charge in [-0.2, -0.15) is 0 Å². The normalized spacial score (nSPS) is 16.3. The van der Waals surface area contributed by atoms with Crippen molar-refractivity contribution in [1.29, 1.82) is 0 Å². The van der Waals surface area contributed by atoms with Gasteiger partial charge in [-0.05, 0) is 38.7 Å². The molecule has 22 heavy (non-hydrogen) atoms. The van der Waals surface area contributed by atoms with Crippen molar-refractivity contribution in [3.05, 3.63) is 28.8 Å². The first-order chi connectivity index (χ1) is 10.7. The Labute approximate surface area is 130 Å². The monoisotopic (exact) mass is 300 g/mol. The van der Waals surface area contributed by atoms with Crippen LogP contribution in [0.1, 0.15) is 52.0 Å². The second-order valence-electron chi connectivity index (χ2n) is 6.48. The highest BCUT2D eigenvalue weighted by atomic mass is 16.1. The molecular formula is C17H24N4O. The molecule has 0 atom stereocenters. The SMILES string of the molecule is CC(C)n1c(=O)c(NCC2CCCCC2)nc2ccncc21. The van der Waals surface area contributed by atoms with Crippen LogP contribution in [0.15, 0.2) is 23.3 Å². The Morgan fingerprint density at radius 3 is 2.82 bits per heavy atom. The zero-order valence-corrected chi connectivity index (χ0v) is 13.4. The third kappa shape index (κ3) is 2.98. The molecule has 1 aliphatic carbocycles. The van der Waals surface area contributed by atoms with E-state index in [1.807, 2.05) is 19.9 Å². The summed E-state index contributed by atoms with van der Waals surface area (Å²) >= 11 is 0. The number of pyridine rings is 1. The molecule has 0 aliphatic heterocycles. The van der Waals surface area contributed by atoms with Gasteiger partial charge in [0.15, 0.2) is 5.82 Å². The van der Waals surface area contributed by atoms with E-state index in [9.17, 15) is 4.79 Å². The lowest BCUT2D eigenvalue weighted by molar-refractivity contribution is 0.373. The molecule has 118 valence electrons. The Bertz CT molecular complexity index is 701. The van der Waals surface area contributed by atoms with E-state index in [0.29, 0.717) is 11.7 Å². The van der Waals surface area contributed by atoms with Gasteiger partial charge < -0.3 is 5.32 Å². The van der Waals surface area contributed by atoms with E-state index in [-0.39, 0.29) is 11.6 Å². The van der Waals surface area contributed by atoms with E-state index < -0.39 is 0 Å². The lowest BCUT2D eigenvalue weighted by Crippen LogP contribution is -2.29. The predicted molar refractivity (Wildman–Crippen MR) is 89.2 cm³/mol. The Hall–Kier alpha value is -1.91. The van der Waals surface area contributed by atoms with Crippen LogP contribution in [0.25, 0.3) is 11.0 Å². The van der Waals surface area contributed by atoms with E-state index in [1.165, 1.54) is 32.1 Å². The maximum atomic E-state index is 12.7. The average molecular weight is 300 g/mol. The molecule has 2 heterocycles. The molecule has 0 unspecified atom stereocenters. The van der Waals surface area contributed by atoms with Crippen molar-refractivity contribution in [2.45, 2.75) is 52.0 Å². The highest BCUT2D eigenvalue weighted by Gasteiger charge is 2.16. The Morgan fingerprint density at radius 1 is 1.32 bits per heavy atom. The third-order valence-electron chi connectivity index (χ3n) is 4.49. The highest BCUT2D eigenvalue weighted by molar-refractivity contribution is 5.75. The van der Waals surface area contributed by atoms with Gasteiger partial charge in [0, 0.05) is 18.8 Å². The minimum atomic E-state index is -0.0497. The number of fused-ring (bicyclic) bond motifs is 1. The maximum Gasteiger partial charge on any atom is 0.294 e. The number of rotatable bonds is 4. The fraction of sp³-hybridized carbons (Fsp3) is 0.588. The number of hydrogen-bond donors (Lipinski definition) is 1. The number of aromatic nitrogens is 3. The van der Waals surface area contributed by atoms with Crippen molar-refractivity contribution >= 4 is 16.9 Å². The van der Waals surface area contributed by atoms with Crippen molar-refractivity contribution in [2.75, 3.05) is 11.9 Å². The molecule has 2 aromatic heterocycles. The third-order valence-corrected chi connectivity index (χ3v) is 4.49. The molecule has 5 nitrogen and oxygen atoms in total. The summed E-state index contributed by atoms with van der Waals surface area (Å²) in [6, 6.07) is 1.94. The maximum absolute atomic E-state index is 12.7. The summed E-state index contributed by atoms with van der Waals surface area (Å²) < 4.78 is 1.78. The first-order valence-electron chi connectivity index (χ1n) is 8.27. The van der Waals surface area contributed by atoms with Crippen LogP contribution in [0.2, 0.25) is 0 Å². The van der Waals surface area contributed by atoms with Crippen LogP contribution in [0.3, 0.4) is 0 Å². The summed E-state index contributed by atoms with van der Waals surface area (Å²) in [5.41, 5.74) is 1.56. The van der Waals surface area contributed by atoms with Crippen LogP contribution in [-0.2, 0) is 0 Å². The molecule has 0 spiro atoms. The zero-order chi connectivity index (χ0) is 15.5. The van der Waals surface area contributed by atoms with Gasteiger partial charge in [-0.3, -0.25) is 14.3 Å². The summed E-state index contributed by atoms with van der Waals surface area (Å²) in [6.07, 6.45) is 9.90. The molecule has 1 aliphatic rings. The molecule has 3 rings (SSSR count). The molecule has 0 saturated heterocycles. The van der Waals surface area contributed by atoms with E-state index >= 15 is 0 Å². The lowest BCUT2D eigenvalue weighted by Gasteiger charge is -2.22. The summed E-state index contributed by atoms with van der Waals surface area (Å²) in [7, 11) is 0. The quantitative estimate of drug-likeness (QED) is 0.940. The van der Waals surface area contributed by atoms with Crippen LogP contribution in [0.5, 0.6) is 0 Å². The first kappa shape index (κ1) is 15.0. The van der Waals surface area contributed by atoms with Crippen molar-refractivity contribution in [1.82, 2.24) is 14.5 Å². The Morgan fingerprint density at radius 2 is 2.09 bits per heavy atom.